The van der Waals surface area contributed by atoms with E-state index in [1.807, 2.05) is 36.4 Å². The van der Waals surface area contributed by atoms with Crippen molar-refractivity contribution in [2.45, 2.75) is 19.9 Å². The van der Waals surface area contributed by atoms with Crippen molar-refractivity contribution in [3.05, 3.63) is 108 Å². The second kappa shape index (κ2) is 10.6. The summed E-state index contributed by atoms with van der Waals surface area (Å²) in [5.74, 6) is -1.01. The van der Waals surface area contributed by atoms with E-state index in [4.69, 9.17) is 9.47 Å². The lowest BCUT2D eigenvalue weighted by molar-refractivity contribution is -0.139. The summed E-state index contributed by atoms with van der Waals surface area (Å²) in [7, 11) is 1.54. The average molecular weight is 544 g/mol. The number of rotatable bonds is 7. The SMILES string of the molecule is CCOC(=O)C1=C(C)N=c2s/c(=C/c3ccc(-c4cccc(C(=O)O)c4)[nH]3)c(=O)n2C1c1ccccc1OC. The van der Waals surface area contributed by atoms with E-state index in [-0.39, 0.29) is 23.3 Å². The molecule has 1 atom stereocenters. The average Bonchev–Trinajstić information content (AvgIpc) is 3.52. The third-order valence-electron chi connectivity index (χ3n) is 6.37. The fourth-order valence-electron chi connectivity index (χ4n) is 4.60. The van der Waals surface area contributed by atoms with Gasteiger partial charge in [-0.05, 0) is 55.8 Å². The molecule has 2 N–H and O–H groups in total. The number of hydrogen-bond acceptors (Lipinski definition) is 7. The number of aromatic carboxylic acids is 1. The highest BCUT2D eigenvalue weighted by Crippen LogP contribution is 2.35. The van der Waals surface area contributed by atoms with Crippen LogP contribution >= 0.6 is 11.3 Å². The summed E-state index contributed by atoms with van der Waals surface area (Å²) in [5.41, 5.74) is 3.34. The number of hydrogen-bond donors (Lipinski definition) is 2. The van der Waals surface area contributed by atoms with Crippen LogP contribution in [-0.4, -0.2) is 40.3 Å². The summed E-state index contributed by atoms with van der Waals surface area (Å²) in [6, 6.07) is 16.7. The molecule has 4 aromatic rings. The standard InChI is InChI=1S/C29H25N3O6S/c1-4-38-28(36)24-16(2)30-29-32(25(24)20-10-5-6-11-22(20)37-3)26(33)23(39-29)15-19-12-13-21(31-19)17-8-7-9-18(14-17)27(34)35/h5-15,25,31H,4H2,1-3H3,(H,34,35)/b23-15+. The van der Waals surface area contributed by atoms with Crippen LogP contribution in [0.25, 0.3) is 17.3 Å². The molecule has 1 aliphatic rings. The number of benzene rings is 2. The van der Waals surface area contributed by atoms with Crippen LogP contribution in [0.1, 0.15) is 41.5 Å². The lowest BCUT2D eigenvalue weighted by Gasteiger charge is -2.25. The van der Waals surface area contributed by atoms with Gasteiger partial charge in [-0.25, -0.2) is 14.6 Å². The Morgan fingerprint density at radius 1 is 1.15 bits per heavy atom. The molecule has 39 heavy (non-hydrogen) atoms. The van der Waals surface area contributed by atoms with E-state index in [1.54, 1.807) is 38.1 Å². The van der Waals surface area contributed by atoms with Crippen LogP contribution in [0.3, 0.4) is 0 Å². The van der Waals surface area contributed by atoms with Gasteiger partial charge in [0.2, 0.25) is 0 Å². The number of carbonyl (C=O) groups is 2. The molecule has 0 bridgehead atoms. The lowest BCUT2D eigenvalue weighted by Crippen LogP contribution is -2.40. The van der Waals surface area contributed by atoms with Crippen LogP contribution in [0.5, 0.6) is 5.75 Å². The van der Waals surface area contributed by atoms with Crippen LogP contribution in [0, 0.1) is 0 Å². The van der Waals surface area contributed by atoms with Gasteiger partial charge in [0.05, 0.1) is 35.1 Å². The van der Waals surface area contributed by atoms with Gasteiger partial charge in [-0.3, -0.25) is 9.36 Å². The van der Waals surface area contributed by atoms with E-state index >= 15 is 0 Å². The number of esters is 1. The van der Waals surface area contributed by atoms with Crippen molar-refractivity contribution >= 4 is 29.4 Å². The predicted molar refractivity (Wildman–Crippen MR) is 147 cm³/mol. The Morgan fingerprint density at radius 2 is 1.95 bits per heavy atom. The van der Waals surface area contributed by atoms with E-state index in [0.717, 1.165) is 0 Å². The highest BCUT2D eigenvalue weighted by molar-refractivity contribution is 7.07. The van der Waals surface area contributed by atoms with E-state index in [2.05, 4.69) is 9.98 Å². The topological polar surface area (TPSA) is 123 Å². The first-order valence-electron chi connectivity index (χ1n) is 12.2. The number of nitrogens with zero attached hydrogens (tertiary/aromatic N) is 2. The molecule has 198 valence electrons. The van der Waals surface area contributed by atoms with Crippen molar-refractivity contribution in [3.63, 3.8) is 0 Å². The van der Waals surface area contributed by atoms with Gasteiger partial charge in [0.25, 0.3) is 5.56 Å². The highest BCUT2D eigenvalue weighted by Gasteiger charge is 2.34. The van der Waals surface area contributed by atoms with Crippen molar-refractivity contribution in [2.75, 3.05) is 13.7 Å². The van der Waals surface area contributed by atoms with Crippen LogP contribution in [0.4, 0.5) is 0 Å². The van der Waals surface area contributed by atoms with Crippen LogP contribution in [0.15, 0.2) is 81.7 Å². The first kappa shape index (κ1) is 25.9. The number of para-hydroxylation sites is 1. The van der Waals surface area contributed by atoms with E-state index in [1.165, 1.54) is 29.1 Å². The number of carbonyl (C=O) groups excluding carboxylic acids is 1. The monoisotopic (exact) mass is 543 g/mol. The first-order chi connectivity index (χ1) is 18.8. The number of allylic oxidation sites excluding steroid dienone is 1. The molecule has 0 amide bonds. The van der Waals surface area contributed by atoms with Gasteiger partial charge in [0.1, 0.15) is 11.8 Å². The van der Waals surface area contributed by atoms with E-state index in [9.17, 15) is 19.5 Å². The second-order valence-corrected chi connectivity index (χ2v) is 9.77. The fourth-order valence-corrected chi connectivity index (χ4v) is 5.64. The van der Waals surface area contributed by atoms with Crippen LogP contribution in [-0.2, 0) is 9.53 Å². The van der Waals surface area contributed by atoms with Crippen LogP contribution < -0.4 is 19.6 Å². The van der Waals surface area contributed by atoms with Crippen LogP contribution in [0.2, 0.25) is 0 Å². The minimum atomic E-state index is -1.01. The molecular weight excluding hydrogens is 518 g/mol. The molecule has 0 spiro atoms. The molecule has 3 heterocycles. The van der Waals surface area contributed by atoms with Gasteiger partial charge in [-0.15, -0.1) is 0 Å². The maximum Gasteiger partial charge on any atom is 0.338 e. The Morgan fingerprint density at radius 3 is 2.69 bits per heavy atom. The number of fused-ring (bicyclic) bond motifs is 1. The molecular formula is C29H25N3O6S. The number of carboxylic acids is 1. The molecule has 2 aromatic carbocycles. The summed E-state index contributed by atoms with van der Waals surface area (Å²) >= 11 is 1.21. The molecule has 10 heteroatoms. The normalized spacial score (nSPS) is 15.1. The Bertz CT molecular complexity index is 1810. The number of aromatic amines is 1. The largest absolute Gasteiger partial charge is 0.496 e. The molecule has 9 nitrogen and oxygen atoms in total. The minimum Gasteiger partial charge on any atom is -0.496 e. The lowest BCUT2D eigenvalue weighted by atomic mass is 9.95. The van der Waals surface area contributed by atoms with E-state index < -0.39 is 18.0 Å². The maximum atomic E-state index is 13.8. The third-order valence-corrected chi connectivity index (χ3v) is 7.35. The van der Waals surface area contributed by atoms with Gasteiger partial charge in [-0.2, -0.15) is 0 Å². The van der Waals surface area contributed by atoms with Crippen molar-refractivity contribution in [3.8, 4) is 17.0 Å². The molecule has 5 rings (SSSR count). The summed E-state index contributed by atoms with van der Waals surface area (Å²) in [6.45, 7) is 3.64. The molecule has 1 unspecified atom stereocenters. The Hall–Kier alpha value is -4.70. The Labute approximate surface area is 227 Å². The minimum absolute atomic E-state index is 0.182. The third kappa shape index (κ3) is 4.82. The number of carboxylic acid groups (broad SMARTS) is 1. The number of ether oxygens (including phenoxy) is 2. The summed E-state index contributed by atoms with van der Waals surface area (Å²) in [5, 5.41) is 9.30. The number of thiazole rings is 1. The summed E-state index contributed by atoms with van der Waals surface area (Å²) < 4.78 is 12.8. The van der Waals surface area contributed by atoms with Gasteiger partial charge < -0.3 is 19.6 Å². The highest BCUT2D eigenvalue weighted by atomic mass is 32.1. The molecule has 0 saturated heterocycles. The summed E-state index contributed by atoms with van der Waals surface area (Å²) in [6.07, 6.45) is 1.72. The first-order valence-corrected chi connectivity index (χ1v) is 13.0. The Balaban J connectivity index is 1.64. The van der Waals surface area contributed by atoms with Crippen molar-refractivity contribution in [2.24, 2.45) is 4.99 Å². The fraction of sp³-hybridized carbons (Fsp3) is 0.172. The molecule has 2 aromatic heterocycles. The zero-order valence-corrected chi connectivity index (χ0v) is 22.2. The van der Waals surface area contributed by atoms with Crippen molar-refractivity contribution < 1.29 is 24.2 Å². The summed E-state index contributed by atoms with van der Waals surface area (Å²) in [4.78, 5) is 46.5. The number of nitrogens with one attached hydrogen (secondary N) is 1. The molecule has 1 aliphatic heterocycles. The van der Waals surface area contributed by atoms with Crippen molar-refractivity contribution in [1.29, 1.82) is 0 Å². The molecule has 0 saturated carbocycles. The van der Waals surface area contributed by atoms with Gasteiger partial charge in [0, 0.05) is 17.0 Å². The quantitative estimate of drug-likeness (QED) is 0.344. The van der Waals surface area contributed by atoms with Gasteiger partial charge in [0.15, 0.2) is 4.80 Å². The zero-order valence-electron chi connectivity index (χ0n) is 21.4. The van der Waals surface area contributed by atoms with Gasteiger partial charge in [-0.1, -0.05) is 41.7 Å². The Kier molecular flexibility index (Phi) is 7.03. The molecule has 0 fully saturated rings. The molecule has 0 radical (unpaired) electrons. The molecule has 0 aliphatic carbocycles. The zero-order chi connectivity index (χ0) is 27.7. The smallest absolute Gasteiger partial charge is 0.338 e. The number of methoxy groups -OCH3 is 1. The number of aromatic nitrogens is 2. The predicted octanol–water partition coefficient (Wildman–Crippen LogP) is 3.50. The van der Waals surface area contributed by atoms with Crippen molar-refractivity contribution in [1.82, 2.24) is 9.55 Å². The van der Waals surface area contributed by atoms with E-state index in [0.29, 0.717) is 43.3 Å². The number of H-pyrrole nitrogens is 1. The van der Waals surface area contributed by atoms with Gasteiger partial charge >= 0.3 is 11.9 Å². The maximum absolute atomic E-state index is 13.8. The second-order valence-electron chi connectivity index (χ2n) is 8.76.